The second-order valence-corrected chi connectivity index (χ2v) is 7.38. The van der Waals surface area contributed by atoms with Crippen molar-refractivity contribution in [3.63, 3.8) is 0 Å². The van der Waals surface area contributed by atoms with E-state index >= 15 is 0 Å². The molecule has 0 unspecified atom stereocenters. The van der Waals surface area contributed by atoms with Gasteiger partial charge in [-0.25, -0.2) is 4.98 Å². The summed E-state index contributed by atoms with van der Waals surface area (Å²) in [5.41, 5.74) is 1.23. The number of halogens is 1. The van der Waals surface area contributed by atoms with Gasteiger partial charge in [0.25, 0.3) is 0 Å². The molecule has 0 aromatic carbocycles. The van der Waals surface area contributed by atoms with Gasteiger partial charge in [0.1, 0.15) is 11.6 Å². The van der Waals surface area contributed by atoms with E-state index in [-0.39, 0.29) is 12.4 Å². The van der Waals surface area contributed by atoms with Crippen LogP contribution in [0.25, 0.3) is 0 Å². The molecule has 4 rings (SSSR count). The minimum Gasteiger partial charge on any atom is -0.312 e. The molecule has 1 N–H and O–H groups in total. The van der Waals surface area contributed by atoms with Gasteiger partial charge in [0, 0.05) is 30.9 Å². The predicted octanol–water partition coefficient (Wildman–Crippen LogP) is 2.20. The predicted molar refractivity (Wildman–Crippen MR) is 97.7 cm³/mol. The smallest absolute Gasteiger partial charge is 0.147 e. The Kier molecular flexibility index (Phi) is 5.86. The Morgan fingerprint density at radius 2 is 2.08 bits per heavy atom. The van der Waals surface area contributed by atoms with Gasteiger partial charge in [-0.1, -0.05) is 6.92 Å². The Morgan fingerprint density at radius 1 is 1.25 bits per heavy atom. The van der Waals surface area contributed by atoms with Crippen LogP contribution >= 0.6 is 23.7 Å². The van der Waals surface area contributed by atoms with Crippen molar-refractivity contribution >= 4 is 23.7 Å². The van der Waals surface area contributed by atoms with E-state index in [1.165, 1.54) is 29.4 Å². The number of likely N-dealkylation sites (tertiary alicyclic amines) is 1. The van der Waals surface area contributed by atoms with Crippen LogP contribution in [-0.4, -0.2) is 44.3 Å². The van der Waals surface area contributed by atoms with E-state index in [0.29, 0.717) is 5.92 Å². The lowest BCUT2D eigenvalue weighted by atomic mass is 9.95. The Bertz CT molecular complexity index is 661. The third kappa shape index (κ3) is 3.64. The quantitative estimate of drug-likeness (QED) is 0.896. The first kappa shape index (κ1) is 17.8. The maximum Gasteiger partial charge on any atom is 0.147 e. The lowest BCUT2D eigenvalue weighted by molar-refractivity contribution is 0.198. The number of hydrogen-bond acceptors (Lipinski definition) is 6. The Balaban J connectivity index is 0.00000169. The maximum absolute atomic E-state index is 4.69. The van der Waals surface area contributed by atoms with Crippen molar-refractivity contribution in [3.05, 3.63) is 27.7 Å². The highest BCUT2D eigenvalue weighted by Crippen LogP contribution is 2.28. The molecule has 1 fully saturated rings. The second-order valence-electron chi connectivity index (χ2n) is 6.44. The highest BCUT2D eigenvalue weighted by Gasteiger charge is 2.27. The summed E-state index contributed by atoms with van der Waals surface area (Å²) < 4.78 is 2.34. The topological polar surface area (TPSA) is 58.9 Å². The fourth-order valence-electron chi connectivity index (χ4n) is 3.58. The molecule has 24 heavy (non-hydrogen) atoms. The lowest BCUT2D eigenvalue weighted by Gasteiger charge is -2.31. The van der Waals surface area contributed by atoms with Crippen LogP contribution in [0.1, 0.15) is 48.0 Å². The van der Waals surface area contributed by atoms with Gasteiger partial charge < -0.3 is 9.88 Å². The second kappa shape index (κ2) is 7.91. The molecule has 0 saturated carbocycles. The van der Waals surface area contributed by atoms with Crippen molar-refractivity contribution in [2.24, 2.45) is 0 Å². The number of piperidine rings is 1. The summed E-state index contributed by atoms with van der Waals surface area (Å²) in [6.45, 7) is 8.31. The normalized spacial score (nSPS) is 19.0. The van der Waals surface area contributed by atoms with Gasteiger partial charge in [-0.15, -0.1) is 33.9 Å². The first-order valence-electron chi connectivity index (χ1n) is 8.62. The monoisotopic (exact) mass is 368 g/mol. The number of aromatic nitrogens is 4. The molecular formula is C16H25ClN6S. The van der Waals surface area contributed by atoms with Crippen LogP contribution < -0.4 is 5.32 Å². The number of nitrogens with one attached hydrogen (secondary N) is 1. The first-order valence-corrected chi connectivity index (χ1v) is 9.49. The van der Waals surface area contributed by atoms with Crippen LogP contribution in [0.5, 0.6) is 0 Å². The summed E-state index contributed by atoms with van der Waals surface area (Å²) in [5, 5.41) is 15.7. The van der Waals surface area contributed by atoms with Crippen molar-refractivity contribution in [3.8, 4) is 0 Å². The summed E-state index contributed by atoms with van der Waals surface area (Å²) in [5.74, 6) is 2.87. The zero-order valence-corrected chi connectivity index (χ0v) is 15.7. The SMILES string of the molecule is CCc1nc(CN2CCC(c3nnc4n3CCNC4)CC2)cs1.Cl. The molecule has 0 atom stereocenters. The van der Waals surface area contributed by atoms with E-state index in [0.717, 1.165) is 51.5 Å². The largest absolute Gasteiger partial charge is 0.312 e. The number of nitrogens with zero attached hydrogens (tertiary/aromatic N) is 5. The molecule has 0 radical (unpaired) electrons. The lowest BCUT2D eigenvalue weighted by Crippen LogP contribution is -2.34. The molecular weight excluding hydrogens is 344 g/mol. The number of aryl methyl sites for hydroxylation is 1. The third-order valence-electron chi connectivity index (χ3n) is 4.89. The number of rotatable bonds is 4. The van der Waals surface area contributed by atoms with Crippen LogP contribution in [0.4, 0.5) is 0 Å². The molecule has 132 valence electrons. The molecule has 0 aliphatic carbocycles. The van der Waals surface area contributed by atoms with Crippen LogP contribution in [-0.2, 0) is 26.1 Å². The average molecular weight is 369 g/mol. The third-order valence-corrected chi connectivity index (χ3v) is 5.93. The minimum atomic E-state index is 0. The summed E-state index contributed by atoms with van der Waals surface area (Å²) in [6, 6.07) is 0. The van der Waals surface area contributed by atoms with Crippen molar-refractivity contribution in [1.82, 2.24) is 30.0 Å². The van der Waals surface area contributed by atoms with E-state index in [1.54, 1.807) is 11.3 Å². The fourth-order valence-corrected chi connectivity index (χ4v) is 4.31. The average Bonchev–Trinajstić information content (AvgIpc) is 3.22. The molecule has 6 nitrogen and oxygen atoms in total. The van der Waals surface area contributed by atoms with E-state index in [1.807, 2.05) is 0 Å². The molecule has 2 aliphatic heterocycles. The molecule has 2 aromatic rings. The van der Waals surface area contributed by atoms with Crippen LogP contribution in [0.2, 0.25) is 0 Å². The Morgan fingerprint density at radius 3 is 2.83 bits per heavy atom. The van der Waals surface area contributed by atoms with Crippen LogP contribution in [0, 0.1) is 0 Å². The van der Waals surface area contributed by atoms with Gasteiger partial charge in [-0.3, -0.25) is 4.90 Å². The Labute approximate surface area is 153 Å². The van der Waals surface area contributed by atoms with Gasteiger partial charge in [0.05, 0.1) is 17.2 Å². The standard InChI is InChI=1S/C16H24N6S.ClH/c1-2-15-18-13(11-23-15)10-21-6-3-12(4-7-21)16-20-19-14-9-17-5-8-22(14)16;/h11-12,17H,2-10H2,1H3;1H. The molecule has 2 aliphatic rings. The Hall–Kier alpha value is -1.02. The van der Waals surface area contributed by atoms with Gasteiger partial charge in [-0.2, -0.15) is 0 Å². The summed E-state index contributed by atoms with van der Waals surface area (Å²) in [4.78, 5) is 7.22. The van der Waals surface area contributed by atoms with E-state index in [9.17, 15) is 0 Å². The zero-order chi connectivity index (χ0) is 15.6. The molecule has 0 spiro atoms. The van der Waals surface area contributed by atoms with E-state index in [4.69, 9.17) is 4.98 Å². The van der Waals surface area contributed by atoms with Crippen molar-refractivity contribution < 1.29 is 0 Å². The summed E-state index contributed by atoms with van der Waals surface area (Å²) in [7, 11) is 0. The van der Waals surface area contributed by atoms with E-state index in [2.05, 4.69) is 37.3 Å². The van der Waals surface area contributed by atoms with Gasteiger partial charge in [0.15, 0.2) is 0 Å². The maximum atomic E-state index is 4.69. The highest BCUT2D eigenvalue weighted by atomic mass is 35.5. The van der Waals surface area contributed by atoms with Crippen LogP contribution in [0.15, 0.2) is 5.38 Å². The number of hydrogen-bond donors (Lipinski definition) is 1. The fraction of sp³-hybridized carbons (Fsp3) is 0.688. The van der Waals surface area contributed by atoms with Crippen molar-refractivity contribution in [2.75, 3.05) is 19.6 Å². The molecule has 8 heteroatoms. The first-order chi connectivity index (χ1) is 11.3. The van der Waals surface area contributed by atoms with Gasteiger partial charge in [-0.05, 0) is 32.4 Å². The van der Waals surface area contributed by atoms with Gasteiger partial charge >= 0.3 is 0 Å². The minimum absolute atomic E-state index is 0. The van der Waals surface area contributed by atoms with Crippen molar-refractivity contribution in [1.29, 1.82) is 0 Å². The van der Waals surface area contributed by atoms with E-state index < -0.39 is 0 Å². The molecule has 0 amide bonds. The zero-order valence-electron chi connectivity index (χ0n) is 14.1. The molecule has 2 aromatic heterocycles. The highest BCUT2D eigenvalue weighted by molar-refractivity contribution is 7.09. The molecule has 4 heterocycles. The summed E-state index contributed by atoms with van der Waals surface area (Å²) in [6.07, 6.45) is 3.40. The molecule has 1 saturated heterocycles. The number of thiazole rings is 1. The number of fused-ring (bicyclic) bond motifs is 1. The summed E-state index contributed by atoms with van der Waals surface area (Å²) >= 11 is 1.79. The molecule has 0 bridgehead atoms. The van der Waals surface area contributed by atoms with Crippen LogP contribution in [0.3, 0.4) is 0 Å². The van der Waals surface area contributed by atoms with Crippen molar-refractivity contribution in [2.45, 2.75) is 51.7 Å². The van der Waals surface area contributed by atoms with Gasteiger partial charge in [0.2, 0.25) is 0 Å².